The van der Waals surface area contributed by atoms with Gasteiger partial charge in [0, 0.05) is 17.8 Å². The fourth-order valence-corrected chi connectivity index (χ4v) is 1.72. The maximum absolute atomic E-state index is 12.5. The molecule has 0 radical (unpaired) electrons. The number of nitrogens with zero attached hydrogens (tertiary/aromatic N) is 1. The predicted octanol–water partition coefficient (Wildman–Crippen LogP) is 2.86. The molecule has 0 atom stereocenters. The molecule has 0 spiro atoms. The van der Waals surface area contributed by atoms with Gasteiger partial charge in [-0.25, -0.2) is 4.98 Å². The van der Waals surface area contributed by atoms with E-state index in [2.05, 4.69) is 9.97 Å². The molecule has 0 aliphatic carbocycles. The van der Waals surface area contributed by atoms with Gasteiger partial charge in [-0.2, -0.15) is 13.2 Å². The van der Waals surface area contributed by atoms with Crippen molar-refractivity contribution in [3.05, 3.63) is 41.3 Å². The molecule has 3 nitrogen and oxygen atoms in total. The molecule has 0 aliphatic heterocycles. The highest BCUT2D eigenvalue weighted by Gasteiger charge is 2.35. The van der Waals surface area contributed by atoms with E-state index in [1.165, 1.54) is 0 Å². The number of alkyl halides is 3. The zero-order valence-electron chi connectivity index (χ0n) is 9.67. The average molecular weight is 255 g/mol. The quantitative estimate of drug-likeness (QED) is 0.866. The van der Waals surface area contributed by atoms with Crippen LogP contribution in [-0.4, -0.2) is 9.97 Å². The molecule has 18 heavy (non-hydrogen) atoms. The van der Waals surface area contributed by atoms with Crippen molar-refractivity contribution in [1.29, 1.82) is 0 Å². The van der Waals surface area contributed by atoms with Crippen molar-refractivity contribution < 1.29 is 13.2 Å². The molecule has 0 amide bonds. The number of aromatic amines is 1. The second-order valence-electron chi connectivity index (χ2n) is 3.96. The number of benzene rings is 1. The molecule has 1 heterocycles. The Labute approximate surface area is 102 Å². The summed E-state index contributed by atoms with van der Waals surface area (Å²) >= 11 is 0. The first kappa shape index (κ1) is 12.6. The number of hydrogen-bond acceptors (Lipinski definition) is 2. The van der Waals surface area contributed by atoms with Crippen LogP contribution in [0.15, 0.2) is 24.3 Å². The number of nitrogens with two attached hydrogens (primary N) is 1. The Morgan fingerprint density at radius 3 is 2.61 bits per heavy atom. The van der Waals surface area contributed by atoms with Gasteiger partial charge in [-0.15, -0.1) is 0 Å². The lowest BCUT2D eigenvalue weighted by atomic mass is 10.1. The van der Waals surface area contributed by atoms with Gasteiger partial charge in [-0.05, 0) is 18.6 Å². The molecule has 2 rings (SSSR count). The summed E-state index contributed by atoms with van der Waals surface area (Å²) in [5.41, 5.74) is 7.67. The Morgan fingerprint density at radius 1 is 1.33 bits per heavy atom. The summed E-state index contributed by atoms with van der Waals surface area (Å²) in [4.78, 5) is 5.86. The number of H-pyrrole nitrogens is 1. The highest BCUT2D eigenvalue weighted by atomic mass is 19.4. The summed E-state index contributed by atoms with van der Waals surface area (Å²) in [6.45, 7) is 1.90. The van der Waals surface area contributed by atoms with E-state index >= 15 is 0 Å². The van der Waals surface area contributed by atoms with E-state index in [1.807, 2.05) is 6.07 Å². The molecule has 0 fully saturated rings. The second-order valence-corrected chi connectivity index (χ2v) is 3.96. The van der Waals surface area contributed by atoms with E-state index in [-0.39, 0.29) is 0 Å². The lowest BCUT2D eigenvalue weighted by Gasteiger charge is -2.02. The van der Waals surface area contributed by atoms with Crippen molar-refractivity contribution in [2.75, 3.05) is 0 Å². The van der Waals surface area contributed by atoms with Gasteiger partial charge in [-0.1, -0.05) is 18.2 Å². The van der Waals surface area contributed by atoms with Crippen LogP contribution in [0.1, 0.15) is 17.1 Å². The largest absolute Gasteiger partial charge is 0.449 e. The third-order valence-corrected chi connectivity index (χ3v) is 2.59. The molecule has 1 aromatic carbocycles. The molecule has 0 unspecified atom stereocenters. The van der Waals surface area contributed by atoms with Crippen LogP contribution in [0, 0.1) is 6.92 Å². The standard InChI is InChI=1S/C12H12F3N3/c1-7-10(18-11(17-7)12(13,14)15)9-4-2-3-8(5-9)6-16/h2-5H,6,16H2,1H3,(H,17,18). The van der Waals surface area contributed by atoms with E-state index in [1.54, 1.807) is 25.1 Å². The number of hydrogen-bond donors (Lipinski definition) is 2. The minimum atomic E-state index is -4.46. The van der Waals surface area contributed by atoms with Crippen molar-refractivity contribution in [2.24, 2.45) is 5.73 Å². The monoisotopic (exact) mass is 255 g/mol. The molecule has 2 aromatic rings. The molecule has 6 heteroatoms. The van der Waals surface area contributed by atoms with Gasteiger partial charge in [0.05, 0.1) is 5.69 Å². The first-order valence-electron chi connectivity index (χ1n) is 5.35. The van der Waals surface area contributed by atoms with Crippen LogP contribution in [0.3, 0.4) is 0 Å². The van der Waals surface area contributed by atoms with Crippen molar-refractivity contribution in [3.63, 3.8) is 0 Å². The van der Waals surface area contributed by atoms with E-state index < -0.39 is 12.0 Å². The van der Waals surface area contributed by atoms with Gasteiger partial charge in [0.25, 0.3) is 0 Å². The van der Waals surface area contributed by atoms with Crippen molar-refractivity contribution in [2.45, 2.75) is 19.6 Å². The highest BCUT2D eigenvalue weighted by Crippen LogP contribution is 2.30. The molecule has 0 bridgehead atoms. The fourth-order valence-electron chi connectivity index (χ4n) is 1.72. The van der Waals surface area contributed by atoms with Crippen molar-refractivity contribution in [1.82, 2.24) is 9.97 Å². The summed E-state index contributed by atoms with van der Waals surface area (Å²) in [5, 5.41) is 0. The second kappa shape index (κ2) is 4.45. The fraction of sp³-hybridized carbons (Fsp3) is 0.250. The van der Waals surface area contributed by atoms with Crippen molar-refractivity contribution in [3.8, 4) is 11.3 Å². The number of imidazole rings is 1. The number of halogens is 3. The van der Waals surface area contributed by atoms with E-state index in [0.29, 0.717) is 23.5 Å². The van der Waals surface area contributed by atoms with Gasteiger partial charge in [-0.3, -0.25) is 0 Å². The van der Waals surface area contributed by atoms with Crippen LogP contribution in [0.5, 0.6) is 0 Å². The Kier molecular flexibility index (Phi) is 3.13. The Hall–Kier alpha value is -1.82. The van der Waals surface area contributed by atoms with Crippen molar-refractivity contribution >= 4 is 0 Å². The first-order valence-corrected chi connectivity index (χ1v) is 5.35. The SMILES string of the molecule is Cc1[nH]c(C(F)(F)F)nc1-c1cccc(CN)c1. The van der Waals surface area contributed by atoms with Crippen LogP contribution in [0.4, 0.5) is 13.2 Å². The summed E-state index contributed by atoms with van der Waals surface area (Å²) in [6, 6.07) is 7.01. The van der Waals surface area contributed by atoms with Crippen LogP contribution in [0.25, 0.3) is 11.3 Å². The van der Waals surface area contributed by atoms with Gasteiger partial charge >= 0.3 is 6.18 Å². The van der Waals surface area contributed by atoms with Gasteiger partial charge in [0.1, 0.15) is 0 Å². The number of aromatic nitrogens is 2. The smallest absolute Gasteiger partial charge is 0.338 e. The number of rotatable bonds is 2. The van der Waals surface area contributed by atoms with Gasteiger partial charge in [0.15, 0.2) is 0 Å². The summed E-state index contributed by atoms with van der Waals surface area (Å²) in [5.74, 6) is -0.979. The number of nitrogens with one attached hydrogen (secondary N) is 1. The minimum Gasteiger partial charge on any atom is -0.338 e. The minimum absolute atomic E-state index is 0.303. The lowest BCUT2D eigenvalue weighted by molar-refractivity contribution is -0.144. The predicted molar refractivity (Wildman–Crippen MR) is 61.7 cm³/mol. The molecule has 3 N–H and O–H groups in total. The van der Waals surface area contributed by atoms with E-state index in [4.69, 9.17) is 5.73 Å². The lowest BCUT2D eigenvalue weighted by Crippen LogP contribution is -2.07. The number of aryl methyl sites for hydroxylation is 1. The topological polar surface area (TPSA) is 54.7 Å². The maximum atomic E-state index is 12.5. The Balaban J connectivity index is 2.47. The molecular formula is C12H12F3N3. The third kappa shape index (κ3) is 2.38. The summed E-state index contributed by atoms with van der Waals surface area (Å²) < 4.78 is 37.6. The Morgan fingerprint density at radius 2 is 2.06 bits per heavy atom. The molecule has 0 saturated heterocycles. The molecular weight excluding hydrogens is 243 g/mol. The molecule has 96 valence electrons. The van der Waals surface area contributed by atoms with Crippen LogP contribution >= 0.6 is 0 Å². The normalized spacial score (nSPS) is 11.8. The van der Waals surface area contributed by atoms with Gasteiger partial charge < -0.3 is 10.7 Å². The van der Waals surface area contributed by atoms with Crippen LogP contribution in [-0.2, 0) is 12.7 Å². The zero-order valence-corrected chi connectivity index (χ0v) is 9.67. The maximum Gasteiger partial charge on any atom is 0.449 e. The average Bonchev–Trinajstić information content (AvgIpc) is 2.71. The van der Waals surface area contributed by atoms with E-state index in [0.717, 1.165) is 5.56 Å². The summed E-state index contributed by atoms with van der Waals surface area (Å²) in [7, 11) is 0. The first-order chi connectivity index (χ1) is 8.41. The Bertz CT molecular complexity index is 558. The van der Waals surface area contributed by atoms with Crippen LogP contribution < -0.4 is 5.73 Å². The zero-order chi connectivity index (χ0) is 13.3. The molecule has 0 aliphatic rings. The molecule has 0 saturated carbocycles. The highest BCUT2D eigenvalue weighted by molar-refractivity contribution is 5.62. The molecule has 1 aromatic heterocycles. The van der Waals surface area contributed by atoms with Crippen LogP contribution in [0.2, 0.25) is 0 Å². The summed E-state index contributed by atoms with van der Waals surface area (Å²) in [6.07, 6.45) is -4.46. The van der Waals surface area contributed by atoms with Gasteiger partial charge in [0.2, 0.25) is 5.82 Å². The third-order valence-electron chi connectivity index (χ3n) is 2.59. The van der Waals surface area contributed by atoms with E-state index in [9.17, 15) is 13.2 Å².